The molecule has 174 valence electrons. The molecule has 0 unspecified atom stereocenters. The Balaban J connectivity index is 1.81. The molecule has 0 saturated carbocycles. The van der Waals surface area contributed by atoms with Crippen LogP contribution >= 0.6 is 11.3 Å². The normalized spacial score (nSPS) is 10.9. The molecule has 0 bridgehead atoms. The summed E-state index contributed by atoms with van der Waals surface area (Å²) in [5.74, 6) is -0.251. The molecule has 1 heterocycles. The second kappa shape index (κ2) is 11.8. The molecule has 0 aliphatic rings. The number of carbonyl (C=O) groups is 2. The van der Waals surface area contributed by atoms with Gasteiger partial charge in [0.1, 0.15) is 4.88 Å². The molecule has 0 radical (unpaired) electrons. The Bertz CT molecular complexity index is 1080. The number of hydrogen-bond acceptors (Lipinski definition) is 5. The van der Waals surface area contributed by atoms with Crippen molar-refractivity contribution >= 4 is 23.3 Å². The minimum absolute atomic E-state index is 0.248. The second-order valence-electron chi connectivity index (χ2n) is 8.44. The molecular formula is C28H32O4S. The Kier molecular flexibility index (Phi) is 8.84. The zero-order valence-electron chi connectivity index (χ0n) is 19.9. The van der Waals surface area contributed by atoms with Crippen molar-refractivity contribution < 1.29 is 19.1 Å². The van der Waals surface area contributed by atoms with Gasteiger partial charge in [0, 0.05) is 4.88 Å². The zero-order chi connectivity index (χ0) is 23.8. The number of rotatable bonds is 10. The highest BCUT2D eigenvalue weighted by Crippen LogP contribution is 2.29. The molecule has 0 fully saturated rings. The summed E-state index contributed by atoms with van der Waals surface area (Å²) in [4.78, 5) is 26.7. The summed E-state index contributed by atoms with van der Waals surface area (Å²) in [6, 6.07) is 17.8. The Labute approximate surface area is 200 Å². The first-order valence-electron chi connectivity index (χ1n) is 11.6. The van der Waals surface area contributed by atoms with Crippen LogP contribution < -0.4 is 0 Å². The van der Waals surface area contributed by atoms with Gasteiger partial charge in [0.2, 0.25) is 0 Å². The number of thiophene rings is 1. The van der Waals surface area contributed by atoms with Gasteiger partial charge in [-0.15, -0.1) is 11.3 Å². The number of hydrogen-bond donors (Lipinski definition) is 0. The lowest BCUT2D eigenvalue weighted by molar-refractivity contribution is 0.0459. The molecule has 0 N–H and O–H groups in total. The average molecular weight is 465 g/mol. The quantitative estimate of drug-likeness (QED) is 0.305. The summed E-state index contributed by atoms with van der Waals surface area (Å²) in [6.07, 6.45) is 2.73. The number of benzene rings is 2. The minimum atomic E-state index is -0.294. The Hall–Kier alpha value is -2.92. The maximum atomic E-state index is 12.6. The van der Waals surface area contributed by atoms with Crippen molar-refractivity contribution in [2.24, 2.45) is 5.92 Å². The highest BCUT2D eigenvalue weighted by atomic mass is 32.1. The molecule has 0 saturated heterocycles. The third kappa shape index (κ3) is 6.55. The fraction of sp³-hybridized carbons (Fsp3) is 0.357. The first kappa shape index (κ1) is 24.7. The van der Waals surface area contributed by atoms with E-state index < -0.39 is 0 Å². The van der Waals surface area contributed by atoms with Crippen LogP contribution in [0.15, 0.2) is 54.6 Å². The minimum Gasteiger partial charge on any atom is -0.462 e. The Morgan fingerprint density at radius 3 is 2.33 bits per heavy atom. The van der Waals surface area contributed by atoms with Crippen molar-refractivity contribution in [1.29, 1.82) is 0 Å². The van der Waals surface area contributed by atoms with E-state index in [0.717, 1.165) is 36.0 Å². The average Bonchev–Trinajstić information content (AvgIpc) is 3.21. The van der Waals surface area contributed by atoms with Crippen molar-refractivity contribution in [1.82, 2.24) is 0 Å². The van der Waals surface area contributed by atoms with Gasteiger partial charge in [-0.1, -0.05) is 69.7 Å². The molecule has 0 atom stereocenters. The van der Waals surface area contributed by atoms with E-state index in [-0.39, 0.29) is 11.9 Å². The second-order valence-corrected chi connectivity index (χ2v) is 9.58. The van der Waals surface area contributed by atoms with E-state index in [0.29, 0.717) is 29.6 Å². The molecule has 2 aromatic carbocycles. The van der Waals surface area contributed by atoms with E-state index in [1.807, 2.05) is 63.2 Å². The monoisotopic (exact) mass is 464 g/mol. The molecule has 1 aromatic heterocycles. The molecule has 0 aliphatic carbocycles. The van der Waals surface area contributed by atoms with E-state index in [9.17, 15) is 9.59 Å². The van der Waals surface area contributed by atoms with Gasteiger partial charge in [0.15, 0.2) is 0 Å². The lowest BCUT2D eigenvalue weighted by Gasteiger charge is -2.12. The van der Waals surface area contributed by atoms with E-state index in [1.54, 1.807) is 0 Å². The fourth-order valence-corrected chi connectivity index (χ4v) is 4.79. The van der Waals surface area contributed by atoms with Gasteiger partial charge >= 0.3 is 11.9 Å². The van der Waals surface area contributed by atoms with Crippen LogP contribution in [-0.4, -0.2) is 25.2 Å². The molecule has 0 aliphatic heterocycles. The third-order valence-corrected chi connectivity index (χ3v) is 6.42. The van der Waals surface area contributed by atoms with Gasteiger partial charge in [-0.2, -0.15) is 0 Å². The SMILES string of the molecule is CCCc1sc(C(=O)OCC)cc1Cc1ccc(-c2ccccc2C(=O)OCC(C)C)cc1. The number of aryl methyl sites for hydroxylation is 1. The van der Waals surface area contributed by atoms with Crippen LogP contribution in [0.3, 0.4) is 0 Å². The first-order valence-corrected chi connectivity index (χ1v) is 12.4. The summed E-state index contributed by atoms with van der Waals surface area (Å²) in [5.41, 5.74) is 4.75. The third-order valence-electron chi connectivity index (χ3n) is 5.20. The van der Waals surface area contributed by atoms with Gasteiger partial charge in [-0.3, -0.25) is 0 Å². The molecule has 3 aromatic rings. The van der Waals surface area contributed by atoms with Crippen molar-refractivity contribution in [3.8, 4) is 11.1 Å². The van der Waals surface area contributed by atoms with Crippen LogP contribution in [0.25, 0.3) is 11.1 Å². The van der Waals surface area contributed by atoms with Crippen LogP contribution in [0.1, 0.15) is 70.1 Å². The van der Waals surface area contributed by atoms with Crippen LogP contribution in [-0.2, 0) is 22.3 Å². The van der Waals surface area contributed by atoms with Crippen LogP contribution in [0.2, 0.25) is 0 Å². The zero-order valence-corrected chi connectivity index (χ0v) is 20.7. The maximum absolute atomic E-state index is 12.6. The maximum Gasteiger partial charge on any atom is 0.348 e. The molecule has 3 rings (SSSR count). The summed E-state index contributed by atoms with van der Waals surface area (Å²) in [7, 11) is 0. The number of esters is 2. The predicted molar refractivity (Wildman–Crippen MR) is 134 cm³/mol. The van der Waals surface area contributed by atoms with Crippen LogP contribution in [0, 0.1) is 5.92 Å². The number of carbonyl (C=O) groups excluding carboxylic acids is 2. The van der Waals surface area contributed by atoms with Gasteiger partial charge in [-0.25, -0.2) is 9.59 Å². The summed E-state index contributed by atoms with van der Waals surface area (Å²) < 4.78 is 10.6. The fourth-order valence-electron chi connectivity index (χ4n) is 3.61. The summed E-state index contributed by atoms with van der Waals surface area (Å²) in [5, 5.41) is 0. The van der Waals surface area contributed by atoms with Crippen molar-refractivity contribution in [2.45, 2.75) is 47.0 Å². The van der Waals surface area contributed by atoms with Crippen molar-refractivity contribution in [3.63, 3.8) is 0 Å². The summed E-state index contributed by atoms with van der Waals surface area (Å²) >= 11 is 1.54. The van der Waals surface area contributed by atoms with Gasteiger partial charge in [0.25, 0.3) is 0 Å². The Morgan fingerprint density at radius 1 is 0.939 bits per heavy atom. The highest BCUT2D eigenvalue weighted by Gasteiger charge is 2.17. The lowest BCUT2D eigenvalue weighted by Crippen LogP contribution is -2.11. The molecule has 0 amide bonds. The topological polar surface area (TPSA) is 52.6 Å². The van der Waals surface area contributed by atoms with E-state index in [2.05, 4.69) is 19.1 Å². The standard InChI is InChI=1S/C28H32O4S/c1-5-9-25-22(17-26(33-25)28(30)31-6-2)16-20-12-14-21(15-13-20)23-10-7-8-11-24(23)27(29)32-18-19(3)4/h7-8,10-15,17,19H,5-6,9,16,18H2,1-4H3. The van der Waals surface area contributed by atoms with Crippen LogP contribution in [0.5, 0.6) is 0 Å². The molecule has 33 heavy (non-hydrogen) atoms. The lowest BCUT2D eigenvalue weighted by atomic mass is 9.97. The first-order chi connectivity index (χ1) is 15.9. The molecule has 0 spiro atoms. The van der Waals surface area contributed by atoms with E-state index in [1.165, 1.54) is 21.8 Å². The molecular weight excluding hydrogens is 432 g/mol. The van der Waals surface area contributed by atoms with E-state index >= 15 is 0 Å². The molecule has 4 nitrogen and oxygen atoms in total. The van der Waals surface area contributed by atoms with Crippen molar-refractivity contribution in [2.75, 3.05) is 13.2 Å². The predicted octanol–water partition coefficient (Wildman–Crippen LogP) is 6.95. The van der Waals surface area contributed by atoms with E-state index in [4.69, 9.17) is 9.47 Å². The Morgan fingerprint density at radius 2 is 1.67 bits per heavy atom. The smallest absolute Gasteiger partial charge is 0.348 e. The molecule has 5 heteroatoms. The summed E-state index contributed by atoms with van der Waals surface area (Å²) in [6.45, 7) is 8.79. The number of ether oxygens (including phenoxy) is 2. The van der Waals surface area contributed by atoms with Crippen LogP contribution in [0.4, 0.5) is 0 Å². The van der Waals surface area contributed by atoms with Gasteiger partial charge < -0.3 is 9.47 Å². The van der Waals surface area contributed by atoms with Crippen molar-refractivity contribution in [3.05, 3.63) is 81.0 Å². The highest BCUT2D eigenvalue weighted by molar-refractivity contribution is 7.14. The largest absolute Gasteiger partial charge is 0.462 e. The van der Waals surface area contributed by atoms with Gasteiger partial charge in [-0.05, 0) is 60.1 Å². The van der Waals surface area contributed by atoms with Gasteiger partial charge in [0.05, 0.1) is 18.8 Å².